The van der Waals surface area contributed by atoms with Crippen molar-refractivity contribution in [2.24, 2.45) is 0 Å². The van der Waals surface area contributed by atoms with Crippen LogP contribution < -0.4 is 0 Å². The van der Waals surface area contributed by atoms with Crippen molar-refractivity contribution in [3.8, 4) is 0 Å². The maximum atomic E-state index is 5.45. The Kier molecular flexibility index (Phi) is 6.45. The van der Waals surface area contributed by atoms with Gasteiger partial charge in [0.25, 0.3) is 0 Å². The van der Waals surface area contributed by atoms with Crippen molar-refractivity contribution >= 4 is 11.6 Å². The number of halogens is 1. The maximum absolute atomic E-state index is 5.45. The van der Waals surface area contributed by atoms with Crippen LogP contribution in [0, 0.1) is 0 Å². The van der Waals surface area contributed by atoms with Gasteiger partial charge in [0.1, 0.15) is 0 Å². The molecule has 0 unspecified atom stereocenters. The number of hydrogen-bond donors (Lipinski definition) is 0. The van der Waals surface area contributed by atoms with Crippen LogP contribution in [-0.2, 0) is 27.3 Å². The smallest absolute Gasteiger partial charge is 0.318 e. The van der Waals surface area contributed by atoms with Crippen molar-refractivity contribution in [2.75, 3.05) is 27.1 Å². The second kappa shape index (κ2) is 4.09. The van der Waals surface area contributed by atoms with E-state index in [1.165, 1.54) is 0 Å². The van der Waals surface area contributed by atoms with E-state index >= 15 is 0 Å². The Morgan fingerprint density at radius 2 is 1.43 bits per heavy atom. The van der Waals surface area contributed by atoms with E-state index < -0.39 is 0 Å². The molecule has 0 aromatic carbocycles. The minimum Gasteiger partial charge on any atom is -0.318 e. The topological polar surface area (TPSA) is 0 Å². The average molecular weight is 221 g/mol. The van der Waals surface area contributed by atoms with Gasteiger partial charge in [-0.1, -0.05) is 11.6 Å². The van der Waals surface area contributed by atoms with Gasteiger partial charge < -0.3 is 4.48 Å². The molecule has 0 radical (unpaired) electrons. The van der Waals surface area contributed by atoms with Crippen LogP contribution >= 0.6 is 11.6 Å². The largest absolute Gasteiger partial charge is 2.00 e. The molecule has 0 saturated carbocycles. The fourth-order valence-electron chi connectivity index (χ4n) is 0. The van der Waals surface area contributed by atoms with E-state index in [1.807, 2.05) is 21.1 Å². The summed E-state index contributed by atoms with van der Waals surface area (Å²) in [6.45, 7) is 0. The van der Waals surface area contributed by atoms with Crippen LogP contribution in [0.1, 0.15) is 0 Å². The summed E-state index contributed by atoms with van der Waals surface area (Å²) >= 11 is 5.45. The van der Waals surface area contributed by atoms with Crippen LogP contribution in [-0.4, -0.2) is 31.6 Å². The Hall–Kier alpha value is 1.17. The van der Waals surface area contributed by atoms with Gasteiger partial charge in [-0.15, -0.1) is 0 Å². The summed E-state index contributed by atoms with van der Waals surface area (Å²) in [5, 5.41) is 0. The quantitative estimate of drug-likeness (QED) is 0.267. The van der Waals surface area contributed by atoms with Gasteiger partial charge in [0.2, 0.25) is 0 Å². The van der Waals surface area contributed by atoms with Gasteiger partial charge in [-0.05, 0) is 0 Å². The van der Waals surface area contributed by atoms with Crippen molar-refractivity contribution in [1.29, 1.82) is 0 Å². The number of nitrogens with zero attached hydrogens (tertiary/aromatic N) is 1. The van der Waals surface area contributed by atoms with Gasteiger partial charge in [0.05, 0.1) is 21.1 Å². The molecule has 0 atom stereocenters. The maximum Gasteiger partial charge on any atom is 2.00 e. The molecule has 0 spiro atoms. The first-order valence-corrected chi connectivity index (χ1v) is 2.46. The third-order valence-corrected chi connectivity index (χ3v) is 1.08. The predicted octanol–water partition coefficient (Wildman–Crippen LogP) is 0.886. The third kappa shape index (κ3) is 11.0. The first-order valence-electron chi connectivity index (χ1n) is 1.93. The van der Waals surface area contributed by atoms with E-state index in [2.05, 4.69) is 0 Å². The zero-order valence-corrected chi connectivity index (χ0v) is 10.0. The third-order valence-electron chi connectivity index (χ3n) is 0.359. The standard InChI is InChI=1S/C4H11ClN.Cd/c1-6(2,3)4-5;/h4H2,1-3H3;/q+1;+2. The number of alkyl halides is 1. The summed E-state index contributed by atoms with van der Waals surface area (Å²) in [6, 6.07) is 0.681. The normalized spacial score (nSPS) is 10.3. The van der Waals surface area contributed by atoms with Gasteiger partial charge in [-0.25, -0.2) is 0 Å². The zero-order chi connectivity index (χ0) is 5.21. The summed E-state index contributed by atoms with van der Waals surface area (Å²) in [5.41, 5.74) is 0. The van der Waals surface area contributed by atoms with Crippen molar-refractivity contribution < 1.29 is 31.8 Å². The summed E-state index contributed by atoms with van der Waals surface area (Å²) in [5.74, 6) is 0. The predicted molar refractivity (Wildman–Crippen MR) is 28.8 cm³/mol. The molecular weight excluding hydrogens is 210 g/mol. The SMILES string of the molecule is C[N+](C)(C)CCl.[Cd+2]. The van der Waals surface area contributed by atoms with Crippen molar-refractivity contribution in [3.05, 3.63) is 0 Å². The second-order valence-electron chi connectivity index (χ2n) is 2.41. The van der Waals surface area contributed by atoms with Crippen molar-refractivity contribution in [2.45, 2.75) is 0 Å². The van der Waals surface area contributed by atoms with E-state index in [4.69, 9.17) is 11.6 Å². The molecule has 0 bridgehead atoms. The van der Waals surface area contributed by atoms with E-state index in [9.17, 15) is 0 Å². The molecule has 0 saturated heterocycles. The number of hydrogen-bond acceptors (Lipinski definition) is 0. The first-order chi connectivity index (χ1) is 2.56. The molecule has 1 nitrogen and oxygen atoms in total. The molecule has 0 rings (SSSR count). The molecule has 0 fully saturated rings. The van der Waals surface area contributed by atoms with Gasteiger partial charge in [0, 0.05) is 0 Å². The molecule has 0 aromatic rings. The number of rotatable bonds is 1. The summed E-state index contributed by atoms with van der Waals surface area (Å²) in [7, 11) is 6.15. The van der Waals surface area contributed by atoms with Crippen LogP contribution in [0.25, 0.3) is 0 Å². The van der Waals surface area contributed by atoms with Gasteiger partial charge in [0.15, 0.2) is 6.00 Å². The van der Waals surface area contributed by atoms with E-state index in [0.717, 1.165) is 4.48 Å². The Balaban J connectivity index is 0. The van der Waals surface area contributed by atoms with Gasteiger partial charge in [-0.2, -0.15) is 0 Å². The molecule has 0 aliphatic rings. The molecule has 7 heavy (non-hydrogen) atoms. The summed E-state index contributed by atoms with van der Waals surface area (Å²) in [6.07, 6.45) is 0. The minimum atomic E-state index is 0. The molecule has 3 heteroatoms. The zero-order valence-electron chi connectivity index (χ0n) is 5.24. The molecule has 0 heterocycles. The second-order valence-corrected chi connectivity index (χ2v) is 2.65. The van der Waals surface area contributed by atoms with Crippen molar-refractivity contribution in [3.63, 3.8) is 0 Å². The minimum absolute atomic E-state index is 0. The van der Waals surface area contributed by atoms with E-state index in [-0.39, 0.29) is 27.3 Å². The Labute approximate surface area is 70.4 Å². The van der Waals surface area contributed by atoms with Crippen LogP contribution in [0.3, 0.4) is 0 Å². The molecule has 38 valence electrons. The van der Waals surface area contributed by atoms with Gasteiger partial charge >= 0.3 is 27.3 Å². The van der Waals surface area contributed by atoms with Crippen molar-refractivity contribution in [1.82, 2.24) is 0 Å². The number of quaternary nitrogens is 1. The van der Waals surface area contributed by atoms with Crippen LogP contribution in [0.15, 0.2) is 0 Å². The Morgan fingerprint density at radius 1 is 1.29 bits per heavy atom. The fourth-order valence-corrected chi connectivity index (χ4v) is 0. The average Bonchev–Trinajstić information content (AvgIpc) is 1.35. The molecule has 0 aromatic heterocycles. The Morgan fingerprint density at radius 3 is 1.43 bits per heavy atom. The van der Waals surface area contributed by atoms with E-state index in [0.29, 0.717) is 6.00 Å². The molecule has 0 N–H and O–H groups in total. The summed E-state index contributed by atoms with van der Waals surface area (Å²) in [4.78, 5) is 0. The molecule has 0 aliphatic carbocycles. The van der Waals surface area contributed by atoms with Gasteiger partial charge in [-0.3, -0.25) is 0 Å². The molecule has 0 aliphatic heterocycles. The molecular formula is C4H11CdClN+3. The molecule has 0 amide bonds. The van der Waals surface area contributed by atoms with Crippen LogP contribution in [0.5, 0.6) is 0 Å². The summed E-state index contributed by atoms with van der Waals surface area (Å²) < 4.78 is 0.835. The Bertz CT molecular complexity index is 41.4. The first kappa shape index (κ1) is 11.0. The fraction of sp³-hybridized carbons (Fsp3) is 1.00. The van der Waals surface area contributed by atoms with Crippen LogP contribution in [0.2, 0.25) is 0 Å². The van der Waals surface area contributed by atoms with E-state index in [1.54, 1.807) is 0 Å². The monoisotopic (exact) mass is 222 g/mol. The van der Waals surface area contributed by atoms with Crippen LogP contribution in [0.4, 0.5) is 0 Å².